The summed E-state index contributed by atoms with van der Waals surface area (Å²) in [5, 5.41) is 14.9. The van der Waals surface area contributed by atoms with Gasteiger partial charge in [0.1, 0.15) is 5.54 Å². The molecule has 0 heterocycles. The van der Waals surface area contributed by atoms with E-state index in [-0.39, 0.29) is 24.8 Å². The molecular weight excluding hydrogens is 296 g/mol. The van der Waals surface area contributed by atoms with Crippen LogP contribution in [0.15, 0.2) is 0 Å². The Morgan fingerprint density at radius 3 is 2.17 bits per heavy atom. The summed E-state index contributed by atoms with van der Waals surface area (Å²) in [5.41, 5.74) is -1.64. The Morgan fingerprint density at radius 2 is 1.74 bits per heavy atom. The molecule has 0 saturated heterocycles. The highest BCUT2D eigenvalue weighted by molar-refractivity contribution is 5.87. The van der Waals surface area contributed by atoms with Gasteiger partial charge in [-0.3, -0.25) is 9.59 Å². The zero-order valence-electron chi connectivity index (χ0n) is 14.7. The number of hydrogen-bond donors (Lipinski definition) is 3. The lowest BCUT2D eigenvalue weighted by atomic mass is 9.75. The quantitative estimate of drug-likeness (QED) is 0.696. The lowest BCUT2D eigenvalue weighted by molar-refractivity contribution is -0.149. The van der Waals surface area contributed by atoms with Gasteiger partial charge in [-0.15, -0.1) is 0 Å². The third-order valence-corrected chi connectivity index (χ3v) is 4.64. The van der Waals surface area contributed by atoms with Gasteiger partial charge in [0.2, 0.25) is 11.8 Å². The van der Waals surface area contributed by atoms with Crippen LogP contribution in [0.1, 0.15) is 66.2 Å². The Labute approximate surface area is 138 Å². The second-order valence-electron chi connectivity index (χ2n) is 7.54. The molecule has 0 aromatic carbocycles. The molecule has 1 fully saturated rings. The summed E-state index contributed by atoms with van der Waals surface area (Å²) in [5.74, 6) is -0.858. The van der Waals surface area contributed by atoms with Gasteiger partial charge in [0.15, 0.2) is 0 Å². The number of carboxylic acid groups (broad SMARTS) is 1. The zero-order chi connectivity index (χ0) is 17.7. The van der Waals surface area contributed by atoms with Gasteiger partial charge in [-0.25, -0.2) is 4.79 Å². The summed E-state index contributed by atoms with van der Waals surface area (Å²) >= 11 is 0. The second kappa shape index (κ2) is 7.79. The Bertz CT molecular complexity index is 446. The van der Waals surface area contributed by atoms with Crippen LogP contribution in [0.4, 0.5) is 0 Å². The second-order valence-corrected chi connectivity index (χ2v) is 7.54. The van der Waals surface area contributed by atoms with Crippen molar-refractivity contribution in [2.24, 2.45) is 11.3 Å². The van der Waals surface area contributed by atoms with Gasteiger partial charge in [-0.05, 0) is 31.6 Å². The summed E-state index contributed by atoms with van der Waals surface area (Å²) in [6.07, 6.45) is 3.73. The third kappa shape index (κ3) is 5.52. The molecule has 0 spiro atoms. The molecule has 23 heavy (non-hydrogen) atoms. The number of aliphatic carboxylic acids is 1. The third-order valence-electron chi connectivity index (χ3n) is 4.64. The number of amides is 2. The number of carbonyl (C=O) groups excluding carboxylic acids is 2. The minimum Gasteiger partial charge on any atom is -0.480 e. The van der Waals surface area contributed by atoms with Crippen LogP contribution >= 0.6 is 0 Å². The number of rotatable bonds is 6. The van der Waals surface area contributed by atoms with Crippen molar-refractivity contribution in [3.05, 3.63) is 0 Å². The van der Waals surface area contributed by atoms with Crippen molar-refractivity contribution in [3.63, 3.8) is 0 Å². The van der Waals surface area contributed by atoms with Crippen molar-refractivity contribution in [3.8, 4) is 0 Å². The molecule has 1 rings (SSSR count). The standard InChI is InChI=1S/C17H30N2O4/c1-5-12-6-9-17(10-7-12,15(22)23)19-13(20)8-11-18-14(21)16(2,3)4/h12H,5-11H2,1-4H3,(H,18,21)(H,19,20)(H,22,23). The molecule has 132 valence electrons. The lowest BCUT2D eigenvalue weighted by Gasteiger charge is -2.37. The minimum absolute atomic E-state index is 0.0913. The molecule has 1 saturated carbocycles. The van der Waals surface area contributed by atoms with E-state index in [2.05, 4.69) is 17.6 Å². The number of carboxylic acids is 1. The van der Waals surface area contributed by atoms with Gasteiger partial charge in [-0.2, -0.15) is 0 Å². The monoisotopic (exact) mass is 326 g/mol. The van der Waals surface area contributed by atoms with E-state index >= 15 is 0 Å². The van der Waals surface area contributed by atoms with Gasteiger partial charge < -0.3 is 15.7 Å². The van der Waals surface area contributed by atoms with E-state index in [0.29, 0.717) is 18.8 Å². The number of hydrogen-bond acceptors (Lipinski definition) is 3. The number of carbonyl (C=O) groups is 3. The van der Waals surface area contributed by atoms with Crippen LogP contribution in [-0.4, -0.2) is 35.0 Å². The summed E-state index contributed by atoms with van der Waals surface area (Å²) in [7, 11) is 0. The van der Waals surface area contributed by atoms with E-state index in [4.69, 9.17) is 0 Å². The maximum atomic E-state index is 12.1. The molecule has 6 nitrogen and oxygen atoms in total. The van der Waals surface area contributed by atoms with Gasteiger partial charge in [0, 0.05) is 18.4 Å². The van der Waals surface area contributed by atoms with Crippen LogP contribution in [0.2, 0.25) is 0 Å². The van der Waals surface area contributed by atoms with Gasteiger partial charge in [0.25, 0.3) is 0 Å². The lowest BCUT2D eigenvalue weighted by Crippen LogP contribution is -2.56. The van der Waals surface area contributed by atoms with Crippen molar-refractivity contribution >= 4 is 17.8 Å². The van der Waals surface area contributed by atoms with Crippen molar-refractivity contribution in [1.29, 1.82) is 0 Å². The van der Waals surface area contributed by atoms with Crippen molar-refractivity contribution in [1.82, 2.24) is 10.6 Å². The predicted octanol–water partition coefficient (Wildman–Crippen LogP) is 2.08. The average molecular weight is 326 g/mol. The SMILES string of the molecule is CCC1CCC(NC(=O)CCNC(=O)C(C)(C)C)(C(=O)O)CC1. The van der Waals surface area contributed by atoms with Crippen molar-refractivity contribution in [2.75, 3.05) is 6.54 Å². The Hall–Kier alpha value is -1.59. The molecule has 1 aliphatic rings. The first-order valence-corrected chi connectivity index (χ1v) is 8.43. The topological polar surface area (TPSA) is 95.5 Å². The number of nitrogens with one attached hydrogen (secondary N) is 2. The van der Waals surface area contributed by atoms with E-state index in [9.17, 15) is 19.5 Å². The van der Waals surface area contributed by atoms with Crippen LogP contribution in [0.3, 0.4) is 0 Å². The molecule has 6 heteroatoms. The van der Waals surface area contributed by atoms with Crippen LogP contribution in [-0.2, 0) is 14.4 Å². The molecule has 1 aliphatic carbocycles. The highest BCUT2D eigenvalue weighted by Gasteiger charge is 2.42. The van der Waals surface area contributed by atoms with E-state index in [1.54, 1.807) is 20.8 Å². The Kier molecular flexibility index (Phi) is 6.59. The normalized spacial score (nSPS) is 24.8. The predicted molar refractivity (Wildman–Crippen MR) is 87.8 cm³/mol. The minimum atomic E-state index is -1.14. The van der Waals surface area contributed by atoms with Crippen LogP contribution in [0.5, 0.6) is 0 Å². The van der Waals surface area contributed by atoms with Gasteiger partial charge >= 0.3 is 5.97 Å². The molecule has 0 aromatic rings. The fourth-order valence-electron chi connectivity index (χ4n) is 2.86. The molecule has 2 amide bonds. The van der Waals surface area contributed by atoms with Crippen LogP contribution in [0.25, 0.3) is 0 Å². The summed E-state index contributed by atoms with van der Waals surface area (Å²) in [4.78, 5) is 35.5. The smallest absolute Gasteiger partial charge is 0.329 e. The van der Waals surface area contributed by atoms with E-state index in [1.807, 2.05) is 0 Å². The largest absolute Gasteiger partial charge is 0.480 e. The highest BCUT2D eigenvalue weighted by Crippen LogP contribution is 2.34. The first-order valence-electron chi connectivity index (χ1n) is 8.43. The molecular formula is C17H30N2O4. The fraction of sp³-hybridized carbons (Fsp3) is 0.824. The molecule has 0 radical (unpaired) electrons. The van der Waals surface area contributed by atoms with E-state index < -0.39 is 16.9 Å². The molecule has 0 bridgehead atoms. The molecule has 0 aliphatic heterocycles. The maximum absolute atomic E-state index is 12.1. The molecule has 0 aromatic heterocycles. The van der Waals surface area contributed by atoms with E-state index in [0.717, 1.165) is 19.3 Å². The van der Waals surface area contributed by atoms with Crippen molar-refractivity contribution < 1.29 is 19.5 Å². The first kappa shape index (κ1) is 19.5. The summed E-state index contributed by atoms with van der Waals surface area (Å²) in [6, 6.07) is 0. The van der Waals surface area contributed by atoms with Crippen LogP contribution < -0.4 is 10.6 Å². The average Bonchev–Trinajstić information content (AvgIpc) is 2.46. The van der Waals surface area contributed by atoms with Gasteiger partial charge in [0.05, 0.1) is 0 Å². The fourth-order valence-corrected chi connectivity index (χ4v) is 2.86. The summed E-state index contributed by atoms with van der Waals surface area (Å²) < 4.78 is 0. The highest BCUT2D eigenvalue weighted by atomic mass is 16.4. The molecule has 0 atom stereocenters. The Balaban J connectivity index is 2.50. The van der Waals surface area contributed by atoms with E-state index in [1.165, 1.54) is 0 Å². The molecule has 3 N–H and O–H groups in total. The maximum Gasteiger partial charge on any atom is 0.329 e. The van der Waals surface area contributed by atoms with Gasteiger partial charge in [-0.1, -0.05) is 34.1 Å². The first-order chi connectivity index (χ1) is 10.6. The van der Waals surface area contributed by atoms with Crippen molar-refractivity contribution in [2.45, 2.75) is 71.8 Å². The Morgan fingerprint density at radius 1 is 1.17 bits per heavy atom. The summed E-state index contributed by atoms with van der Waals surface area (Å²) in [6.45, 7) is 7.72. The zero-order valence-corrected chi connectivity index (χ0v) is 14.7. The van der Waals surface area contributed by atoms with Crippen LogP contribution in [0, 0.1) is 11.3 Å². The molecule has 0 unspecified atom stereocenters.